The first kappa shape index (κ1) is 25.7. The third kappa shape index (κ3) is 7.56. The van der Waals surface area contributed by atoms with Gasteiger partial charge >= 0.3 is 0 Å². The molecule has 0 aliphatic heterocycles. The van der Waals surface area contributed by atoms with Crippen molar-refractivity contribution in [1.82, 2.24) is 10.2 Å². The maximum atomic E-state index is 13.1. The van der Waals surface area contributed by atoms with E-state index in [0.717, 1.165) is 12.0 Å². The number of rotatable bonds is 9. The smallest absolute Gasteiger partial charge is 0.261 e. The Morgan fingerprint density at radius 2 is 1.75 bits per heavy atom. The normalized spacial score (nSPS) is 13.2. The van der Waals surface area contributed by atoms with Gasteiger partial charge in [-0.05, 0) is 61.1 Å². The number of hydrogen-bond acceptors (Lipinski definition) is 3. The molecule has 0 aromatic heterocycles. The predicted molar refractivity (Wildman–Crippen MR) is 130 cm³/mol. The molecule has 2 rings (SSSR count). The van der Waals surface area contributed by atoms with Gasteiger partial charge in [0.1, 0.15) is 11.8 Å². The van der Waals surface area contributed by atoms with E-state index in [9.17, 15) is 9.59 Å². The average Bonchev–Trinajstić information content (AvgIpc) is 2.75. The summed E-state index contributed by atoms with van der Waals surface area (Å²) >= 11 is 6.12. The number of benzene rings is 2. The molecule has 0 unspecified atom stereocenters. The lowest BCUT2D eigenvalue weighted by Gasteiger charge is -2.29. The molecule has 0 aliphatic rings. The summed E-state index contributed by atoms with van der Waals surface area (Å²) in [4.78, 5) is 27.4. The molecule has 0 radical (unpaired) electrons. The van der Waals surface area contributed by atoms with Crippen LogP contribution in [0.5, 0.6) is 5.75 Å². The van der Waals surface area contributed by atoms with Crippen LogP contribution in [0.1, 0.15) is 59.1 Å². The Labute approximate surface area is 197 Å². The van der Waals surface area contributed by atoms with E-state index < -0.39 is 6.04 Å². The number of amides is 2. The highest BCUT2D eigenvalue weighted by Crippen LogP contribution is 2.24. The van der Waals surface area contributed by atoms with Crippen molar-refractivity contribution in [1.29, 1.82) is 0 Å². The van der Waals surface area contributed by atoms with Crippen molar-refractivity contribution in [3.8, 4) is 5.75 Å². The zero-order valence-electron chi connectivity index (χ0n) is 19.9. The lowest BCUT2D eigenvalue weighted by Crippen LogP contribution is -2.50. The highest BCUT2D eigenvalue weighted by molar-refractivity contribution is 6.30. The Bertz CT molecular complexity index is 906. The van der Waals surface area contributed by atoms with Gasteiger partial charge in [-0.3, -0.25) is 9.59 Å². The molecule has 0 bridgehead atoms. The summed E-state index contributed by atoms with van der Waals surface area (Å²) in [5.74, 6) is 0.159. The molecule has 0 spiro atoms. The Kier molecular flexibility index (Phi) is 9.14. The van der Waals surface area contributed by atoms with Gasteiger partial charge in [0.25, 0.3) is 5.91 Å². The molecular weight excluding hydrogens is 424 g/mol. The first-order valence-corrected chi connectivity index (χ1v) is 11.5. The highest BCUT2D eigenvalue weighted by atomic mass is 35.5. The number of carbonyl (C=O) groups is 2. The minimum Gasteiger partial charge on any atom is -0.484 e. The summed E-state index contributed by atoms with van der Waals surface area (Å²) in [7, 11) is 0. The van der Waals surface area contributed by atoms with Crippen LogP contribution < -0.4 is 10.1 Å². The van der Waals surface area contributed by atoms with Crippen LogP contribution in [0.15, 0.2) is 48.5 Å². The van der Waals surface area contributed by atoms with E-state index in [0.29, 0.717) is 10.8 Å². The fourth-order valence-corrected chi connectivity index (χ4v) is 3.37. The number of ether oxygens (including phenoxy) is 1. The number of nitrogens with one attached hydrogen (secondary N) is 1. The monoisotopic (exact) mass is 458 g/mol. The van der Waals surface area contributed by atoms with Gasteiger partial charge in [-0.1, -0.05) is 63.6 Å². The first-order valence-electron chi connectivity index (χ1n) is 11.1. The molecule has 0 heterocycles. The van der Waals surface area contributed by atoms with E-state index in [-0.39, 0.29) is 36.4 Å². The van der Waals surface area contributed by atoms with Gasteiger partial charge in [0.05, 0.1) is 0 Å². The molecule has 0 saturated heterocycles. The molecule has 0 saturated carbocycles. The summed E-state index contributed by atoms with van der Waals surface area (Å²) < 4.78 is 5.76. The van der Waals surface area contributed by atoms with E-state index in [1.54, 1.807) is 19.1 Å². The molecule has 6 heteroatoms. The third-order valence-electron chi connectivity index (χ3n) is 5.49. The van der Waals surface area contributed by atoms with Crippen LogP contribution in [-0.4, -0.2) is 35.4 Å². The summed E-state index contributed by atoms with van der Waals surface area (Å²) in [6.07, 6.45) is 0.814. The summed E-state index contributed by atoms with van der Waals surface area (Å²) in [6.45, 7) is 12.2. The number of nitrogens with zero attached hydrogens (tertiary/aromatic N) is 1. The molecule has 0 aliphatic carbocycles. The van der Waals surface area contributed by atoms with Crippen LogP contribution in [0.2, 0.25) is 5.02 Å². The Morgan fingerprint density at radius 1 is 1.09 bits per heavy atom. The number of carbonyl (C=O) groups excluding carboxylic acids is 2. The molecule has 2 aromatic carbocycles. The second-order valence-electron chi connectivity index (χ2n) is 9.21. The second kappa shape index (κ2) is 11.4. The fourth-order valence-electron chi connectivity index (χ4n) is 3.16. The number of hydrogen-bond donors (Lipinski definition) is 1. The molecule has 2 atom stereocenters. The second-order valence-corrected chi connectivity index (χ2v) is 9.64. The summed E-state index contributed by atoms with van der Waals surface area (Å²) in [6, 6.07) is 14.4. The van der Waals surface area contributed by atoms with Crippen molar-refractivity contribution in [2.24, 2.45) is 0 Å². The maximum absolute atomic E-state index is 13.1. The van der Waals surface area contributed by atoms with Crippen molar-refractivity contribution >= 4 is 23.4 Å². The van der Waals surface area contributed by atoms with Gasteiger partial charge in [0, 0.05) is 17.6 Å². The van der Waals surface area contributed by atoms with Gasteiger partial charge in [-0.15, -0.1) is 0 Å². The fraction of sp³-hybridized carbons (Fsp3) is 0.462. The summed E-state index contributed by atoms with van der Waals surface area (Å²) in [5, 5.41) is 3.54. The van der Waals surface area contributed by atoms with Gasteiger partial charge in [-0.2, -0.15) is 0 Å². The minimum absolute atomic E-state index is 0.0330. The highest BCUT2D eigenvalue weighted by Gasteiger charge is 2.27. The van der Waals surface area contributed by atoms with Crippen molar-refractivity contribution < 1.29 is 14.3 Å². The molecule has 2 amide bonds. The third-order valence-corrected chi connectivity index (χ3v) is 5.73. The molecular formula is C26H35ClN2O3. The molecule has 0 fully saturated rings. The zero-order chi connectivity index (χ0) is 23.9. The average molecular weight is 459 g/mol. The predicted octanol–water partition coefficient (Wildman–Crippen LogP) is 5.35. The van der Waals surface area contributed by atoms with Crippen molar-refractivity contribution in [3.63, 3.8) is 0 Å². The van der Waals surface area contributed by atoms with Gasteiger partial charge in [0.15, 0.2) is 6.61 Å². The van der Waals surface area contributed by atoms with Crippen LogP contribution >= 0.6 is 11.6 Å². The SMILES string of the molecule is CC[C@@H](C)NC(=O)[C@H](C)N(Cc1cccc(Cl)c1)C(=O)COc1ccc(C(C)(C)C)cc1. The maximum Gasteiger partial charge on any atom is 0.261 e. The lowest BCUT2D eigenvalue weighted by atomic mass is 9.87. The summed E-state index contributed by atoms with van der Waals surface area (Å²) in [5.41, 5.74) is 2.08. The van der Waals surface area contributed by atoms with Crippen molar-refractivity contribution in [2.75, 3.05) is 6.61 Å². The van der Waals surface area contributed by atoms with Gasteiger partial charge < -0.3 is 15.0 Å². The minimum atomic E-state index is -0.651. The van der Waals surface area contributed by atoms with E-state index >= 15 is 0 Å². The van der Waals surface area contributed by atoms with Crippen LogP contribution in [0.25, 0.3) is 0 Å². The lowest BCUT2D eigenvalue weighted by molar-refractivity contribution is -0.142. The Morgan fingerprint density at radius 3 is 2.31 bits per heavy atom. The van der Waals surface area contributed by atoms with Crippen LogP contribution in [-0.2, 0) is 21.5 Å². The zero-order valence-corrected chi connectivity index (χ0v) is 20.7. The van der Waals surface area contributed by atoms with Gasteiger partial charge in [-0.25, -0.2) is 0 Å². The first-order chi connectivity index (χ1) is 15.0. The van der Waals surface area contributed by atoms with Crippen molar-refractivity contribution in [3.05, 3.63) is 64.7 Å². The molecule has 32 heavy (non-hydrogen) atoms. The number of halogens is 1. The van der Waals surface area contributed by atoms with Gasteiger partial charge in [0.2, 0.25) is 5.91 Å². The largest absolute Gasteiger partial charge is 0.484 e. The van der Waals surface area contributed by atoms with Crippen LogP contribution in [0.3, 0.4) is 0 Å². The molecule has 2 aromatic rings. The molecule has 5 nitrogen and oxygen atoms in total. The van der Waals surface area contributed by atoms with Crippen molar-refractivity contribution in [2.45, 2.75) is 72.0 Å². The van der Waals surface area contributed by atoms with Crippen LogP contribution in [0.4, 0.5) is 0 Å². The quantitative estimate of drug-likeness (QED) is 0.551. The van der Waals surface area contributed by atoms with Crippen LogP contribution in [0, 0.1) is 0 Å². The Balaban J connectivity index is 2.14. The Hall–Kier alpha value is -2.53. The topological polar surface area (TPSA) is 58.6 Å². The van der Waals surface area contributed by atoms with E-state index in [1.165, 1.54) is 10.5 Å². The molecule has 1 N–H and O–H groups in total. The standard InChI is InChI=1S/C26H35ClN2O3/c1-7-18(2)28-25(31)19(3)29(16-20-9-8-10-22(27)15-20)24(30)17-32-23-13-11-21(12-14-23)26(4,5)6/h8-15,18-19H,7,16-17H2,1-6H3,(H,28,31)/t18-,19+/m1/s1. The molecule has 174 valence electrons. The van der Waals surface area contributed by atoms with E-state index in [2.05, 4.69) is 26.1 Å². The van der Waals surface area contributed by atoms with E-state index in [1.807, 2.05) is 50.2 Å². The van der Waals surface area contributed by atoms with E-state index in [4.69, 9.17) is 16.3 Å².